The van der Waals surface area contributed by atoms with Gasteiger partial charge in [-0.2, -0.15) is 0 Å². The second kappa shape index (κ2) is 6.98. The normalized spacial score (nSPS) is 10.6. The first-order valence-corrected chi connectivity index (χ1v) is 7.25. The third-order valence-corrected chi connectivity index (χ3v) is 3.52. The fourth-order valence-electron chi connectivity index (χ4n) is 2.38. The van der Waals surface area contributed by atoms with Crippen LogP contribution in [0.1, 0.15) is 38.2 Å². The van der Waals surface area contributed by atoms with Crippen molar-refractivity contribution in [3.8, 4) is 11.1 Å². The van der Waals surface area contributed by atoms with Gasteiger partial charge in [-0.15, -0.1) is 0 Å². The van der Waals surface area contributed by atoms with E-state index in [0.717, 1.165) is 17.7 Å². The standard InChI is InChI=1S/C18H23N/c1-2-3-4-6-9-15-12-13-18(19)17(14-15)16-10-7-5-8-11-16/h5,7-8,10-14H,2-4,6,9,19H2,1H3. The molecule has 0 fully saturated rings. The average Bonchev–Trinajstić information content (AvgIpc) is 2.46. The van der Waals surface area contributed by atoms with E-state index in [4.69, 9.17) is 5.73 Å². The largest absolute Gasteiger partial charge is 0.398 e. The monoisotopic (exact) mass is 253 g/mol. The van der Waals surface area contributed by atoms with Crippen LogP contribution in [0.5, 0.6) is 0 Å². The summed E-state index contributed by atoms with van der Waals surface area (Å²) in [5, 5.41) is 0. The fraction of sp³-hybridized carbons (Fsp3) is 0.333. The number of nitrogen functional groups attached to an aromatic ring is 1. The molecule has 0 bridgehead atoms. The lowest BCUT2D eigenvalue weighted by Gasteiger charge is -2.09. The molecule has 0 atom stereocenters. The highest BCUT2D eigenvalue weighted by Crippen LogP contribution is 2.27. The van der Waals surface area contributed by atoms with Crippen molar-refractivity contribution >= 4 is 5.69 Å². The molecule has 0 aliphatic carbocycles. The van der Waals surface area contributed by atoms with Gasteiger partial charge < -0.3 is 5.73 Å². The molecule has 0 heterocycles. The number of rotatable bonds is 6. The van der Waals surface area contributed by atoms with Gasteiger partial charge in [-0.05, 0) is 36.1 Å². The zero-order chi connectivity index (χ0) is 13.5. The molecule has 0 amide bonds. The van der Waals surface area contributed by atoms with Gasteiger partial charge in [0.05, 0.1) is 0 Å². The summed E-state index contributed by atoms with van der Waals surface area (Å²) in [5.74, 6) is 0. The number of unbranched alkanes of at least 4 members (excludes halogenated alkanes) is 3. The van der Waals surface area contributed by atoms with Crippen LogP contribution < -0.4 is 5.73 Å². The van der Waals surface area contributed by atoms with Crippen LogP contribution in [0.2, 0.25) is 0 Å². The molecule has 0 radical (unpaired) electrons. The Hall–Kier alpha value is -1.76. The molecule has 19 heavy (non-hydrogen) atoms. The number of aryl methyl sites for hydroxylation is 1. The van der Waals surface area contributed by atoms with E-state index in [1.807, 2.05) is 12.1 Å². The summed E-state index contributed by atoms with van der Waals surface area (Å²) in [6, 6.07) is 16.8. The van der Waals surface area contributed by atoms with Crippen LogP contribution in [0.4, 0.5) is 5.69 Å². The summed E-state index contributed by atoms with van der Waals surface area (Å²) < 4.78 is 0. The molecule has 1 heteroatoms. The van der Waals surface area contributed by atoms with E-state index in [-0.39, 0.29) is 0 Å². The van der Waals surface area contributed by atoms with E-state index in [1.54, 1.807) is 0 Å². The van der Waals surface area contributed by atoms with Crippen molar-refractivity contribution < 1.29 is 0 Å². The first-order chi connectivity index (χ1) is 9.31. The first-order valence-electron chi connectivity index (χ1n) is 7.25. The Labute approximate surface area is 116 Å². The first kappa shape index (κ1) is 13.7. The second-order valence-electron chi connectivity index (χ2n) is 5.10. The zero-order valence-corrected chi connectivity index (χ0v) is 11.7. The second-order valence-corrected chi connectivity index (χ2v) is 5.10. The number of hydrogen-bond acceptors (Lipinski definition) is 1. The van der Waals surface area contributed by atoms with Crippen LogP contribution in [0.3, 0.4) is 0 Å². The number of nitrogens with two attached hydrogens (primary N) is 1. The summed E-state index contributed by atoms with van der Waals surface area (Å²) in [5.41, 5.74) is 10.7. The van der Waals surface area contributed by atoms with Crippen LogP contribution in [0, 0.1) is 0 Å². The van der Waals surface area contributed by atoms with Crippen molar-refractivity contribution in [1.29, 1.82) is 0 Å². The van der Waals surface area contributed by atoms with Gasteiger partial charge in [-0.3, -0.25) is 0 Å². The fourth-order valence-corrected chi connectivity index (χ4v) is 2.38. The summed E-state index contributed by atoms with van der Waals surface area (Å²) in [6.07, 6.45) is 6.37. The van der Waals surface area contributed by atoms with Crippen molar-refractivity contribution in [3.63, 3.8) is 0 Å². The maximum absolute atomic E-state index is 6.10. The Bertz CT molecular complexity index is 502. The SMILES string of the molecule is CCCCCCc1ccc(N)c(-c2ccccc2)c1. The minimum absolute atomic E-state index is 0.864. The van der Waals surface area contributed by atoms with Gasteiger partial charge in [0.1, 0.15) is 0 Å². The Morgan fingerprint density at radius 1 is 0.895 bits per heavy atom. The summed E-state index contributed by atoms with van der Waals surface area (Å²) >= 11 is 0. The zero-order valence-electron chi connectivity index (χ0n) is 11.7. The molecule has 0 aliphatic heterocycles. The van der Waals surface area contributed by atoms with Gasteiger partial charge in [-0.25, -0.2) is 0 Å². The minimum atomic E-state index is 0.864. The molecule has 2 N–H and O–H groups in total. The maximum Gasteiger partial charge on any atom is 0.0393 e. The van der Waals surface area contributed by atoms with Crippen LogP contribution in [0.25, 0.3) is 11.1 Å². The number of benzene rings is 2. The summed E-state index contributed by atoms with van der Waals surface area (Å²) in [6.45, 7) is 2.25. The Morgan fingerprint density at radius 3 is 2.42 bits per heavy atom. The van der Waals surface area contributed by atoms with Crippen molar-refractivity contribution in [2.45, 2.75) is 39.0 Å². The summed E-state index contributed by atoms with van der Waals surface area (Å²) in [4.78, 5) is 0. The molecule has 2 aromatic carbocycles. The molecule has 0 aromatic heterocycles. The highest BCUT2D eigenvalue weighted by Gasteiger charge is 2.03. The van der Waals surface area contributed by atoms with E-state index < -0.39 is 0 Å². The average molecular weight is 253 g/mol. The number of anilines is 1. The highest BCUT2D eigenvalue weighted by molar-refractivity contribution is 5.76. The van der Waals surface area contributed by atoms with Crippen LogP contribution >= 0.6 is 0 Å². The van der Waals surface area contributed by atoms with E-state index >= 15 is 0 Å². The van der Waals surface area contributed by atoms with Gasteiger partial charge >= 0.3 is 0 Å². The molecule has 100 valence electrons. The lowest BCUT2D eigenvalue weighted by Crippen LogP contribution is -1.93. The van der Waals surface area contributed by atoms with Gasteiger partial charge in [-0.1, -0.05) is 62.6 Å². The van der Waals surface area contributed by atoms with Crippen molar-refractivity contribution in [2.24, 2.45) is 0 Å². The van der Waals surface area contributed by atoms with E-state index in [2.05, 4.69) is 43.3 Å². The molecular weight excluding hydrogens is 230 g/mol. The number of hydrogen-bond donors (Lipinski definition) is 1. The van der Waals surface area contributed by atoms with Crippen molar-refractivity contribution in [1.82, 2.24) is 0 Å². The molecule has 0 spiro atoms. The van der Waals surface area contributed by atoms with Gasteiger partial charge in [0.15, 0.2) is 0 Å². The smallest absolute Gasteiger partial charge is 0.0393 e. The quantitative estimate of drug-likeness (QED) is 0.565. The van der Waals surface area contributed by atoms with Crippen LogP contribution in [-0.4, -0.2) is 0 Å². The van der Waals surface area contributed by atoms with Crippen molar-refractivity contribution in [2.75, 3.05) is 5.73 Å². The molecular formula is C18H23N. The van der Waals surface area contributed by atoms with Gasteiger partial charge in [0.2, 0.25) is 0 Å². The minimum Gasteiger partial charge on any atom is -0.398 e. The topological polar surface area (TPSA) is 26.0 Å². The predicted molar refractivity (Wildman–Crippen MR) is 84.1 cm³/mol. The summed E-state index contributed by atoms with van der Waals surface area (Å²) in [7, 11) is 0. The lowest BCUT2D eigenvalue weighted by atomic mass is 9.98. The maximum atomic E-state index is 6.10. The Kier molecular flexibility index (Phi) is 5.02. The van der Waals surface area contributed by atoms with Gasteiger partial charge in [0.25, 0.3) is 0 Å². The highest BCUT2D eigenvalue weighted by atomic mass is 14.6. The van der Waals surface area contributed by atoms with Crippen molar-refractivity contribution in [3.05, 3.63) is 54.1 Å². The van der Waals surface area contributed by atoms with E-state index in [1.165, 1.54) is 36.8 Å². The van der Waals surface area contributed by atoms with Gasteiger partial charge in [0, 0.05) is 11.3 Å². The molecule has 1 nitrogen and oxygen atoms in total. The molecule has 0 saturated carbocycles. The molecule has 0 saturated heterocycles. The Balaban J connectivity index is 2.11. The third-order valence-electron chi connectivity index (χ3n) is 3.52. The van der Waals surface area contributed by atoms with Crippen LogP contribution in [0.15, 0.2) is 48.5 Å². The third kappa shape index (κ3) is 3.85. The molecule has 0 unspecified atom stereocenters. The van der Waals surface area contributed by atoms with E-state index in [0.29, 0.717) is 0 Å². The molecule has 2 rings (SSSR count). The molecule has 0 aliphatic rings. The lowest BCUT2D eigenvalue weighted by molar-refractivity contribution is 0.667. The van der Waals surface area contributed by atoms with Crippen LogP contribution in [-0.2, 0) is 6.42 Å². The Morgan fingerprint density at radius 2 is 1.68 bits per heavy atom. The molecule has 2 aromatic rings. The van der Waals surface area contributed by atoms with E-state index in [9.17, 15) is 0 Å². The predicted octanol–water partition coefficient (Wildman–Crippen LogP) is 5.06.